The number of nitrogens with two attached hydrogens (primary N) is 1. The minimum Gasteiger partial charge on any atom is -0.456 e. The first kappa shape index (κ1) is 19.8. The van der Waals surface area contributed by atoms with Gasteiger partial charge in [0.1, 0.15) is 0 Å². The van der Waals surface area contributed by atoms with Crippen LogP contribution >= 0.6 is 0 Å². The molecule has 2 aliphatic carbocycles. The average Bonchev–Trinajstić information content (AvgIpc) is 3.22. The molecule has 2 fully saturated rings. The van der Waals surface area contributed by atoms with E-state index in [4.69, 9.17) is 9.88 Å². The first-order chi connectivity index (χ1) is 12.8. The second-order valence-corrected chi connectivity index (χ2v) is 9.15. The third-order valence-electron chi connectivity index (χ3n) is 5.67. The van der Waals surface area contributed by atoms with Gasteiger partial charge in [-0.25, -0.2) is 13.6 Å². The molecule has 1 amide bonds. The lowest BCUT2D eigenvalue weighted by molar-refractivity contribution is -0.149. The summed E-state index contributed by atoms with van der Waals surface area (Å²) in [6.07, 6.45) is 5.85. The standard InChI is InChI=1S/C19H26N2O5S/c20-27(24,25)17-5-2-13(3-6-17)7-8-21-18(22)12-26-19(23)11-16-10-14-1-4-15(16)9-14/h2-3,5-6,14-16H,1,4,7-12H2,(H,21,22)(H2,20,24,25)/t14-,15-,16+/m1/s1. The number of esters is 1. The maximum Gasteiger partial charge on any atom is 0.306 e. The van der Waals surface area contributed by atoms with Crippen LogP contribution in [0.4, 0.5) is 0 Å². The van der Waals surface area contributed by atoms with Crippen molar-refractivity contribution < 1.29 is 22.7 Å². The smallest absolute Gasteiger partial charge is 0.306 e. The minimum absolute atomic E-state index is 0.0534. The summed E-state index contributed by atoms with van der Waals surface area (Å²) < 4.78 is 27.5. The van der Waals surface area contributed by atoms with Crippen LogP contribution in [0.5, 0.6) is 0 Å². The fourth-order valence-corrected chi connectivity index (χ4v) is 4.80. The largest absolute Gasteiger partial charge is 0.456 e. The van der Waals surface area contributed by atoms with Crippen molar-refractivity contribution in [3.05, 3.63) is 29.8 Å². The molecule has 1 aromatic carbocycles. The lowest BCUT2D eigenvalue weighted by Gasteiger charge is -2.20. The Morgan fingerprint density at radius 2 is 1.89 bits per heavy atom. The summed E-state index contributed by atoms with van der Waals surface area (Å²) in [5.41, 5.74) is 0.871. The third kappa shape index (κ3) is 5.52. The number of nitrogens with one attached hydrogen (secondary N) is 1. The normalized spacial score (nSPS) is 24.0. The number of rotatable bonds is 8. The van der Waals surface area contributed by atoms with Crippen LogP contribution in [0.25, 0.3) is 0 Å². The molecule has 148 valence electrons. The zero-order valence-electron chi connectivity index (χ0n) is 15.2. The van der Waals surface area contributed by atoms with Crippen LogP contribution in [-0.4, -0.2) is 33.4 Å². The minimum atomic E-state index is -3.70. The zero-order valence-corrected chi connectivity index (χ0v) is 16.0. The molecule has 2 bridgehead atoms. The Bertz CT molecular complexity index is 791. The van der Waals surface area contributed by atoms with Crippen molar-refractivity contribution in [3.8, 4) is 0 Å². The molecule has 0 unspecified atom stereocenters. The maximum atomic E-state index is 11.9. The van der Waals surface area contributed by atoms with Crippen molar-refractivity contribution in [2.45, 2.75) is 43.4 Å². The second-order valence-electron chi connectivity index (χ2n) is 7.59. The topological polar surface area (TPSA) is 116 Å². The van der Waals surface area contributed by atoms with Gasteiger partial charge >= 0.3 is 5.97 Å². The number of hydrogen-bond acceptors (Lipinski definition) is 5. The zero-order chi connectivity index (χ0) is 19.4. The van der Waals surface area contributed by atoms with Crippen molar-refractivity contribution in [1.29, 1.82) is 0 Å². The second kappa shape index (κ2) is 8.39. The van der Waals surface area contributed by atoms with Gasteiger partial charge in [-0.05, 0) is 61.1 Å². The van der Waals surface area contributed by atoms with E-state index >= 15 is 0 Å². The lowest BCUT2D eigenvalue weighted by Crippen LogP contribution is -2.31. The Balaban J connectivity index is 1.32. The number of hydrogen-bond donors (Lipinski definition) is 2. The monoisotopic (exact) mass is 394 g/mol. The summed E-state index contributed by atoms with van der Waals surface area (Å²) in [5.74, 6) is 1.26. The van der Waals surface area contributed by atoms with Crippen molar-refractivity contribution in [2.24, 2.45) is 22.9 Å². The van der Waals surface area contributed by atoms with Gasteiger partial charge in [-0.1, -0.05) is 18.6 Å². The van der Waals surface area contributed by atoms with Gasteiger partial charge in [0.15, 0.2) is 6.61 Å². The lowest BCUT2D eigenvalue weighted by atomic mass is 9.86. The molecule has 0 spiro atoms. The third-order valence-corrected chi connectivity index (χ3v) is 6.59. The molecule has 0 aromatic heterocycles. The quantitative estimate of drug-likeness (QED) is 0.646. The van der Waals surface area contributed by atoms with E-state index in [0.717, 1.165) is 17.9 Å². The molecule has 7 nitrogen and oxygen atoms in total. The molecule has 0 aliphatic heterocycles. The molecule has 3 N–H and O–H groups in total. The van der Waals surface area contributed by atoms with E-state index < -0.39 is 10.0 Å². The van der Waals surface area contributed by atoms with E-state index in [0.29, 0.717) is 31.2 Å². The van der Waals surface area contributed by atoms with Gasteiger partial charge in [-0.3, -0.25) is 9.59 Å². The van der Waals surface area contributed by atoms with Gasteiger partial charge in [0.25, 0.3) is 5.91 Å². The Morgan fingerprint density at radius 1 is 1.15 bits per heavy atom. The maximum absolute atomic E-state index is 11.9. The van der Waals surface area contributed by atoms with Gasteiger partial charge in [0.2, 0.25) is 10.0 Å². The molecule has 3 rings (SSSR count). The highest BCUT2D eigenvalue weighted by molar-refractivity contribution is 7.89. The fraction of sp³-hybridized carbons (Fsp3) is 0.579. The van der Waals surface area contributed by atoms with Crippen LogP contribution in [0, 0.1) is 17.8 Å². The Morgan fingerprint density at radius 3 is 2.48 bits per heavy atom. The highest BCUT2D eigenvalue weighted by Gasteiger charge is 2.40. The SMILES string of the molecule is NS(=O)(=O)c1ccc(CCNC(=O)COC(=O)C[C@@H]2C[C@@H]3CC[C@@H]2C3)cc1. The number of carbonyl (C=O) groups excluding carboxylic acids is 2. The molecule has 2 saturated carbocycles. The summed E-state index contributed by atoms with van der Waals surface area (Å²) in [6, 6.07) is 6.18. The molecule has 0 heterocycles. The van der Waals surface area contributed by atoms with Crippen LogP contribution in [0.15, 0.2) is 29.2 Å². The highest BCUT2D eigenvalue weighted by Crippen LogP contribution is 2.49. The van der Waals surface area contributed by atoms with E-state index in [1.807, 2.05) is 0 Å². The first-order valence-electron chi connectivity index (χ1n) is 9.35. The average molecular weight is 394 g/mol. The van der Waals surface area contributed by atoms with Crippen LogP contribution in [0.3, 0.4) is 0 Å². The fourth-order valence-electron chi connectivity index (χ4n) is 4.29. The first-order valence-corrected chi connectivity index (χ1v) is 10.9. The Labute approximate surface area is 159 Å². The molecule has 8 heteroatoms. The summed E-state index contributed by atoms with van der Waals surface area (Å²) >= 11 is 0. The van der Waals surface area contributed by atoms with Crippen molar-refractivity contribution in [1.82, 2.24) is 5.32 Å². The molecular formula is C19H26N2O5S. The van der Waals surface area contributed by atoms with Crippen LogP contribution in [-0.2, 0) is 30.8 Å². The molecule has 0 saturated heterocycles. The highest BCUT2D eigenvalue weighted by atomic mass is 32.2. The van der Waals surface area contributed by atoms with Gasteiger partial charge in [0.05, 0.1) is 4.90 Å². The van der Waals surface area contributed by atoms with E-state index in [-0.39, 0.29) is 23.4 Å². The number of carbonyl (C=O) groups is 2. The molecule has 27 heavy (non-hydrogen) atoms. The molecular weight excluding hydrogens is 368 g/mol. The molecule has 3 atom stereocenters. The van der Waals surface area contributed by atoms with E-state index in [9.17, 15) is 18.0 Å². The number of fused-ring (bicyclic) bond motifs is 2. The predicted molar refractivity (Wildman–Crippen MR) is 99.0 cm³/mol. The predicted octanol–water partition coefficient (Wildman–Crippen LogP) is 1.36. The summed E-state index contributed by atoms with van der Waals surface area (Å²) in [5, 5.41) is 7.74. The van der Waals surface area contributed by atoms with E-state index in [2.05, 4.69) is 5.32 Å². The molecule has 0 radical (unpaired) electrons. The molecule has 1 aromatic rings. The summed E-state index contributed by atoms with van der Waals surface area (Å²) in [6.45, 7) is 0.113. The number of ether oxygens (including phenoxy) is 1. The Kier molecular flexibility index (Phi) is 6.16. The van der Waals surface area contributed by atoms with E-state index in [1.165, 1.54) is 31.4 Å². The van der Waals surface area contributed by atoms with Crippen LogP contribution in [0.1, 0.15) is 37.7 Å². The Hall–Kier alpha value is -1.93. The number of benzene rings is 1. The van der Waals surface area contributed by atoms with Gasteiger partial charge in [-0.15, -0.1) is 0 Å². The summed E-state index contributed by atoms with van der Waals surface area (Å²) in [4.78, 5) is 23.8. The van der Waals surface area contributed by atoms with Gasteiger partial charge in [-0.2, -0.15) is 0 Å². The van der Waals surface area contributed by atoms with E-state index in [1.54, 1.807) is 12.1 Å². The van der Waals surface area contributed by atoms with Crippen molar-refractivity contribution in [3.63, 3.8) is 0 Å². The van der Waals surface area contributed by atoms with Gasteiger partial charge < -0.3 is 10.1 Å². The number of amides is 1. The van der Waals surface area contributed by atoms with Crippen molar-refractivity contribution in [2.75, 3.05) is 13.2 Å². The number of sulfonamides is 1. The van der Waals surface area contributed by atoms with Gasteiger partial charge in [0, 0.05) is 13.0 Å². The summed E-state index contributed by atoms with van der Waals surface area (Å²) in [7, 11) is -3.70. The van der Waals surface area contributed by atoms with Crippen LogP contribution in [0.2, 0.25) is 0 Å². The van der Waals surface area contributed by atoms with Crippen molar-refractivity contribution >= 4 is 21.9 Å². The molecule has 2 aliphatic rings. The van der Waals surface area contributed by atoms with Crippen LogP contribution < -0.4 is 10.5 Å². The number of primary sulfonamides is 1.